The Morgan fingerprint density at radius 2 is 1.90 bits per heavy atom. The van der Waals surface area contributed by atoms with Crippen molar-refractivity contribution in [3.63, 3.8) is 0 Å². The topological polar surface area (TPSA) is 111 Å². The van der Waals surface area contributed by atoms with Crippen molar-refractivity contribution in [1.29, 1.82) is 0 Å². The molecule has 9 nitrogen and oxygen atoms in total. The zero-order valence-electron chi connectivity index (χ0n) is 16.9. The molecular formula is C21H22N2O7S. The quantitative estimate of drug-likeness (QED) is 0.692. The van der Waals surface area contributed by atoms with Gasteiger partial charge in [0.15, 0.2) is 6.10 Å². The molecule has 1 atom stereocenters. The van der Waals surface area contributed by atoms with Gasteiger partial charge >= 0.3 is 5.97 Å². The minimum Gasteiger partial charge on any atom is -0.495 e. The van der Waals surface area contributed by atoms with Crippen molar-refractivity contribution < 1.29 is 32.2 Å². The zero-order valence-corrected chi connectivity index (χ0v) is 17.7. The molecule has 31 heavy (non-hydrogen) atoms. The van der Waals surface area contributed by atoms with E-state index >= 15 is 0 Å². The summed E-state index contributed by atoms with van der Waals surface area (Å²) in [5.74, 6) is -0.850. The molecule has 4 rings (SSSR count). The molecule has 0 aliphatic carbocycles. The maximum absolute atomic E-state index is 13.0. The van der Waals surface area contributed by atoms with Gasteiger partial charge in [-0.25, -0.2) is 13.2 Å². The summed E-state index contributed by atoms with van der Waals surface area (Å²) in [6.45, 7) is 1.17. The average molecular weight is 446 g/mol. The van der Waals surface area contributed by atoms with Crippen molar-refractivity contribution in [2.24, 2.45) is 0 Å². The number of hydrogen-bond donors (Lipinski definition) is 1. The van der Waals surface area contributed by atoms with Crippen LogP contribution in [0.25, 0.3) is 0 Å². The van der Waals surface area contributed by atoms with Gasteiger partial charge in [-0.2, -0.15) is 4.31 Å². The highest BCUT2D eigenvalue weighted by Gasteiger charge is 2.32. The number of esters is 1. The van der Waals surface area contributed by atoms with Crippen molar-refractivity contribution in [3.8, 4) is 5.75 Å². The molecule has 0 bridgehead atoms. The number of hydrogen-bond acceptors (Lipinski definition) is 7. The van der Waals surface area contributed by atoms with Crippen LogP contribution < -0.4 is 10.1 Å². The lowest BCUT2D eigenvalue weighted by Gasteiger charge is -2.26. The van der Waals surface area contributed by atoms with Gasteiger partial charge in [0.1, 0.15) is 5.75 Å². The van der Waals surface area contributed by atoms with E-state index in [1.807, 2.05) is 0 Å². The van der Waals surface area contributed by atoms with E-state index in [0.29, 0.717) is 18.8 Å². The molecular weight excluding hydrogens is 424 g/mol. The minimum absolute atomic E-state index is 0.0245. The molecule has 0 saturated carbocycles. The monoisotopic (exact) mass is 446 g/mol. The summed E-state index contributed by atoms with van der Waals surface area (Å²) in [7, 11) is -2.34. The van der Waals surface area contributed by atoms with Crippen LogP contribution in [0, 0.1) is 0 Å². The molecule has 2 aliphatic rings. The first-order chi connectivity index (χ1) is 14.9. The second-order valence-corrected chi connectivity index (χ2v) is 9.06. The molecule has 10 heteroatoms. The Hall–Kier alpha value is -2.95. The number of carbonyl (C=O) groups excluding carboxylic acids is 2. The molecule has 1 saturated heterocycles. The summed E-state index contributed by atoms with van der Waals surface area (Å²) in [5.41, 5.74) is 1.33. The highest BCUT2D eigenvalue weighted by Crippen LogP contribution is 2.30. The summed E-state index contributed by atoms with van der Waals surface area (Å²) in [5, 5.41) is 2.65. The number of ether oxygens (including phenoxy) is 3. The minimum atomic E-state index is -3.76. The van der Waals surface area contributed by atoms with E-state index in [4.69, 9.17) is 14.2 Å². The largest absolute Gasteiger partial charge is 0.495 e. The number of carbonyl (C=O) groups is 2. The molecule has 1 unspecified atom stereocenters. The molecule has 2 aromatic rings. The second-order valence-electron chi connectivity index (χ2n) is 7.12. The SMILES string of the molecule is COc1ccc(S(=O)(=O)N2CCOCC2)cc1NC(=O)C1Cc2ccccc2C(=O)O1. The van der Waals surface area contributed by atoms with E-state index in [1.165, 1.54) is 29.6 Å². The summed E-state index contributed by atoms with van der Waals surface area (Å²) in [4.78, 5) is 25.1. The lowest BCUT2D eigenvalue weighted by molar-refractivity contribution is -0.125. The van der Waals surface area contributed by atoms with E-state index in [0.717, 1.165) is 5.56 Å². The number of methoxy groups -OCH3 is 1. The number of amides is 1. The Bertz CT molecular complexity index is 1110. The fourth-order valence-corrected chi connectivity index (χ4v) is 5.01. The van der Waals surface area contributed by atoms with Crippen molar-refractivity contribution >= 4 is 27.6 Å². The van der Waals surface area contributed by atoms with Crippen LogP contribution in [0.4, 0.5) is 5.69 Å². The smallest absolute Gasteiger partial charge is 0.339 e. The number of nitrogens with one attached hydrogen (secondary N) is 1. The molecule has 2 heterocycles. The van der Waals surface area contributed by atoms with Crippen molar-refractivity contribution in [3.05, 3.63) is 53.6 Å². The van der Waals surface area contributed by atoms with E-state index in [9.17, 15) is 18.0 Å². The third-order valence-electron chi connectivity index (χ3n) is 5.22. The van der Waals surface area contributed by atoms with Gasteiger partial charge in [0, 0.05) is 19.5 Å². The molecule has 0 radical (unpaired) electrons. The second kappa shape index (κ2) is 8.66. The Balaban J connectivity index is 1.57. The van der Waals surface area contributed by atoms with E-state index in [1.54, 1.807) is 24.3 Å². The summed E-state index contributed by atoms with van der Waals surface area (Å²) in [6, 6.07) is 11.2. The summed E-state index contributed by atoms with van der Waals surface area (Å²) < 4.78 is 43.0. The number of sulfonamides is 1. The summed E-state index contributed by atoms with van der Waals surface area (Å²) >= 11 is 0. The van der Waals surface area contributed by atoms with Gasteiger partial charge in [0.05, 0.1) is 36.5 Å². The van der Waals surface area contributed by atoms with Gasteiger partial charge in [-0.05, 0) is 29.8 Å². The zero-order chi connectivity index (χ0) is 22.0. The molecule has 1 N–H and O–H groups in total. The van der Waals surface area contributed by atoms with Crippen LogP contribution in [-0.2, 0) is 30.7 Å². The Morgan fingerprint density at radius 1 is 1.16 bits per heavy atom. The number of fused-ring (bicyclic) bond motifs is 1. The molecule has 0 aromatic heterocycles. The molecule has 164 valence electrons. The van der Waals surface area contributed by atoms with Gasteiger partial charge in [-0.3, -0.25) is 4.79 Å². The van der Waals surface area contributed by atoms with Crippen LogP contribution >= 0.6 is 0 Å². The predicted molar refractivity (Wildman–Crippen MR) is 111 cm³/mol. The van der Waals surface area contributed by atoms with Gasteiger partial charge in [-0.1, -0.05) is 18.2 Å². The number of rotatable bonds is 5. The maximum atomic E-state index is 13.0. The number of cyclic esters (lactones) is 1. The van der Waals surface area contributed by atoms with Gasteiger partial charge in [0.2, 0.25) is 10.0 Å². The lowest BCUT2D eigenvalue weighted by atomic mass is 9.98. The fraction of sp³-hybridized carbons (Fsp3) is 0.333. The lowest BCUT2D eigenvalue weighted by Crippen LogP contribution is -2.40. The Morgan fingerprint density at radius 3 is 2.65 bits per heavy atom. The van der Waals surface area contributed by atoms with Crippen LogP contribution in [0.3, 0.4) is 0 Å². The third-order valence-corrected chi connectivity index (χ3v) is 7.12. The molecule has 1 amide bonds. The fourth-order valence-electron chi connectivity index (χ4n) is 3.57. The van der Waals surface area contributed by atoms with Crippen molar-refractivity contribution in [2.75, 3.05) is 38.7 Å². The van der Waals surface area contributed by atoms with E-state index in [2.05, 4.69) is 5.32 Å². The first kappa shape index (κ1) is 21.3. The van der Waals surface area contributed by atoms with Crippen LogP contribution in [0.5, 0.6) is 5.75 Å². The van der Waals surface area contributed by atoms with Crippen LogP contribution in [0.15, 0.2) is 47.4 Å². The van der Waals surface area contributed by atoms with Crippen molar-refractivity contribution in [2.45, 2.75) is 17.4 Å². The van der Waals surface area contributed by atoms with Crippen molar-refractivity contribution in [1.82, 2.24) is 4.31 Å². The Labute approximate surface area is 179 Å². The molecule has 0 spiro atoms. The number of benzene rings is 2. The van der Waals surface area contributed by atoms with E-state index < -0.39 is 28.0 Å². The molecule has 1 fully saturated rings. The number of nitrogens with zero attached hydrogens (tertiary/aromatic N) is 1. The van der Waals surface area contributed by atoms with E-state index in [-0.39, 0.29) is 35.8 Å². The number of anilines is 1. The number of morpholine rings is 1. The molecule has 2 aliphatic heterocycles. The highest BCUT2D eigenvalue weighted by atomic mass is 32.2. The van der Waals surface area contributed by atoms with Crippen LogP contribution in [0.2, 0.25) is 0 Å². The van der Waals surface area contributed by atoms with Gasteiger partial charge in [0.25, 0.3) is 5.91 Å². The standard InChI is InChI=1S/C21H22N2O7S/c1-28-18-7-6-15(31(26,27)23-8-10-29-11-9-23)13-17(18)22-20(24)19-12-14-4-2-3-5-16(14)21(25)30-19/h2-7,13,19H,8-12H2,1H3,(H,22,24). The summed E-state index contributed by atoms with van der Waals surface area (Å²) in [6.07, 6.45) is -0.812. The van der Waals surface area contributed by atoms with Gasteiger partial charge in [-0.15, -0.1) is 0 Å². The van der Waals surface area contributed by atoms with Crippen LogP contribution in [0.1, 0.15) is 15.9 Å². The van der Waals surface area contributed by atoms with Crippen LogP contribution in [-0.4, -0.2) is 64.1 Å². The first-order valence-corrected chi connectivity index (χ1v) is 11.2. The average Bonchev–Trinajstić information content (AvgIpc) is 2.79. The first-order valence-electron chi connectivity index (χ1n) is 9.76. The highest BCUT2D eigenvalue weighted by molar-refractivity contribution is 7.89. The maximum Gasteiger partial charge on any atom is 0.339 e. The Kier molecular flexibility index (Phi) is 5.94. The third kappa shape index (κ3) is 4.27. The van der Waals surface area contributed by atoms with Gasteiger partial charge < -0.3 is 19.5 Å². The normalized spacial score (nSPS) is 19.3. The predicted octanol–water partition coefficient (Wildman–Crippen LogP) is 1.44. The molecule has 2 aromatic carbocycles.